The molecule has 4 N–H and O–H groups in total. The number of nitrogens with two attached hydrogens (primary N) is 1. The summed E-state index contributed by atoms with van der Waals surface area (Å²) in [6.07, 6.45) is 0. The highest BCUT2D eigenvalue weighted by Gasteiger charge is 2.47. The van der Waals surface area contributed by atoms with E-state index in [0.717, 1.165) is 34.3 Å². The Hall–Kier alpha value is -5.38. The molecule has 1 fully saturated rings. The molecule has 2 heterocycles. The molecule has 0 saturated carbocycles. The molecular formula is C40H29N3. The van der Waals surface area contributed by atoms with Crippen molar-refractivity contribution in [1.82, 2.24) is 10.3 Å². The van der Waals surface area contributed by atoms with Crippen molar-refractivity contribution in [3.05, 3.63) is 151 Å². The lowest BCUT2D eigenvalue weighted by atomic mass is 9.87. The molecule has 1 aromatic heterocycles. The number of hydrogen-bond donors (Lipinski definition) is 3. The number of nitrogen functional groups attached to an aromatic ring is 1. The van der Waals surface area contributed by atoms with Crippen LogP contribution in [0.5, 0.6) is 0 Å². The Morgan fingerprint density at radius 1 is 0.558 bits per heavy atom. The van der Waals surface area contributed by atoms with Crippen molar-refractivity contribution in [2.45, 2.75) is 5.54 Å². The lowest BCUT2D eigenvalue weighted by Crippen LogP contribution is -2.15. The van der Waals surface area contributed by atoms with E-state index in [-0.39, 0.29) is 5.54 Å². The minimum atomic E-state index is -0.179. The summed E-state index contributed by atoms with van der Waals surface area (Å²) < 4.78 is 0. The summed E-state index contributed by atoms with van der Waals surface area (Å²) in [7, 11) is 0. The summed E-state index contributed by atoms with van der Waals surface area (Å²) >= 11 is 0. The topological polar surface area (TPSA) is 63.8 Å². The van der Waals surface area contributed by atoms with Crippen molar-refractivity contribution in [1.29, 1.82) is 0 Å². The number of anilines is 1. The van der Waals surface area contributed by atoms with Crippen LogP contribution < -0.4 is 11.1 Å². The van der Waals surface area contributed by atoms with Gasteiger partial charge in [-0.05, 0) is 80.2 Å². The molecule has 0 aliphatic carbocycles. The highest BCUT2D eigenvalue weighted by atomic mass is 15.2. The number of hydrogen-bond acceptors (Lipinski definition) is 2. The first-order chi connectivity index (χ1) is 21.2. The third-order valence-electron chi connectivity index (χ3n) is 9.28. The van der Waals surface area contributed by atoms with E-state index in [4.69, 9.17) is 5.73 Å². The van der Waals surface area contributed by atoms with Crippen LogP contribution in [0.15, 0.2) is 140 Å². The van der Waals surface area contributed by atoms with Crippen molar-refractivity contribution >= 4 is 49.0 Å². The molecule has 1 saturated heterocycles. The van der Waals surface area contributed by atoms with E-state index < -0.39 is 0 Å². The number of rotatable bonds is 4. The maximum absolute atomic E-state index is 6.57. The standard InChI is InChI=1S/C40H29N3/c41-36-23-27-10-5-4-9-26(27)20-33(36)29-13-8-12-25(19-29)28-17-18-37-34(21-28)38-32-16-7-6-11-30(32)22-35(39(38)43-37)40(24-42-40)31-14-2-1-3-15-31/h1-23,42-43H,24,41H2/t40-/m1/s1. The van der Waals surface area contributed by atoms with Gasteiger partial charge < -0.3 is 16.0 Å². The number of aromatic nitrogens is 1. The average molecular weight is 552 g/mol. The quantitative estimate of drug-likeness (QED) is 0.151. The molecule has 0 amide bonds. The van der Waals surface area contributed by atoms with Gasteiger partial charge in [-0.2, -0.15) is 0 Å². The maximum atomic E-state index is 6.57. The van der Waals surface area contributed by atoms with Crippen LogP contribution in [0.3, 0.4) is 0 Å². The SMILES string of the molecule is Nc1cc2ccccc2cc1-c1cccc(-c2ccc3[nH]c4c([C@]5(c6ccccc6)CN5)cc5ccccc5c4c3c2)c1. The van der Waals surface area contributed by atoms with Crippen LogP contribution in [0.25, 0.3) is 65.6 Å². The Kier molecular flexibility index (Phi) is 5.11. The monoisotopic (exact) mass is 551 g/mol. The molecule has 0 radical (unpaired) electrons. The summed E-state index contributed by atoms with van der Waals surface area (Å²) in [6.45, 7) is 0.926. The van der Waals surface area contributed by atoms with Crippen LogP contribution in [0.4, 0.5) is 5.69 Å². The van der Waals surface area contributed by atoms with E-state index in [1.807, 2.05) is 0 Å². The number of H-pyrrole nitrogens is 1. The first-order valence-corrected chi connectivity index (χ1v) is 14.9. The second-order valence-corrected chi connectivity index (χ2v) is 11.8. The second kappa shape index (κ2) is 9.06. The van der Waals surface area contributed by atoms with Crippen molar-refractivity contribution in [3.8, 4) is 22.3 Å². The molecule has 204 valence electrons. The smallest absolute Gasteiger partial charge is 0.0839 e. The van der Waals surface area contributed by atoms with Crippen LogP contribution in [-0.2, 0) is 5.54 Å². The molecular weight excluding hydrogens is 522 g/mol. The van der Waals surface area contributed by atoms with Crippen molar-refractivity contribution in [3.63, 3.8) is 0 Å². The van der Waals surface area contributed by atoms with Gasteiger partial charge in [0.2, 0.25) is 0 Å². The molecule has 3 heteroatoms. The molecule has 0 bridgehead atoms. The third kappa shape index (κ3) is 3.72. The Balaban J connectivity index is 1.24. The molecule has 9 rings (SSSR count). The van der Waals surface area contributed by atoms with Gasteiger partial charge in [0.1, 0.15) is 0 Å². The zero-order chi connectivity index (χ0) is 28.5. The molecule has 0 spiro atoms. The normalized spacial score (nSPS) is 16.4. The molecule has 1 aliphatic rings. The van der Waals surface area contributed by atoms with E-state index in [2.05, 4.69) is 150 Å². The zero-order valence-electron chi connectivity index (χ0n) is 23.6. The minimum Gasteiger partial charge on any atom is -0.398 e. The fraction of sp³-hybridized carbons (Fsp3) is 0.0500. The summed E-state index contributed by atoms with van der Waals surface area (Å²) in [6, 6.07) is 50.2. The molecule has 8 aromatic rings. The summed E-state index contributed by atoms with van der Waals surface area (Å²) in [4.78, 5) is 3.84. The predicted octanol–water partition coefficient (Wildman–Crippen LogP) is 9.39. The summed E-state index contributed by atoms with van der Waals surface area (Å²) in [5, 5.41) is 11.1. The van der Waals surface area contributed by atoms with Gasteiger partial charge in [0.15, 0.2) is 0 Å². The number of benzene rings is 7. The van der Waals surface area contributed by atoms with Gasteiger partial charge >= 0.3 is 0 Å². The molecule has 1 aliphatic heterocycles. The van der Waals surface area contributed by atoms with Crippen LogP contribution >= 0.6 is 0 Å². The van der Waals surface area contributed by atoms with E-state index >= 15 is 0 Å². The fourth-order valence-electron chi connectivity index (χ4n) is 7.00. The Morgan fingerprint density at radius 3 is 2.07 bits per heavy atom. The summed E-state index contributed by atoms with van der Waals surface area (Å²) in [5.74, 6) is 0. The molecule has 7 aromatic carbocycles. The lowest BCUT2D eigenvalue weighted by Gasteiger charge is -2.17. The van der Waals surface area contributed by atoms with Gasteiger partial charge in [0.25, 0.3) is 0 Å². The van der Waals surface area contributed by atoms with E-state index in [1.54, 1.807) is 0 Å². The van der Waals surface area contributed by atoms with Crippen molar-refractivity contribution in [2.24, 2.45) is 0 Å². The van der Waals surface area contributed by atoms with Gasteiger partial charge in [-0.1, -0.05) is 103 Å². The van der Waals surface area contributed by atoms with E-state index in [0.29, 0.717) is 0 Å². The zero-order valence-corrected chi connectivity index (χ0v) is 23.6. The predicted molar refractivity (Wildman–Crippen MR) is 181 cm³/mol. The minimum absolute atomic E-state index is 0.179. The van der Waals surface area contributed by atoms with E-state index in [1.165, 1.54) is 54.7 Å². The van der Waals surface area contributed by atoms with E-state index in [9.17, 15) is 0 Å². The Labute approximate surface area is 249 Å². The third-order valence-corrected chi connectivity index (χ3v) is 9.28. The Bertz CT molecular complexity index is 2360. The molecule has 1 atom stereocenters. The van der Waals surface area contributed by atoms with Gasteiger partial charge in [-0.25, -0.2) is 0 Å². The van der Waals surface area contributed by atoms with Crippen LogP contribution in [0.2, 0.25) is 0 Å². The first-order valence-electron chi connectivity index (χ1n) is 14.9. The molecule has 3 nitrogen and oxygen atoms in total. The second-order valence-electron chi connectivity index (χ2n) is 11.8. The first kappa shape index (κ1) is 24.2. The van der Waals surface area contributed by atoms with Crippen LogP contribution in [-0.4, -0.2) is 11.5 Å². The highest BCUT2D eigenvalue weighted by molar-refractivity contribution is 6.22. The van der Waals surface area contributed by atoms with Gasteiger partial charge in [0, 0.05) is 39.6 Å². The van der Waals surface area contributed by atoms with Crippen LogP contribution in [0.1, 0.15) is 11.1 Å². The fourth-order valence-corrected chi connectivity index (χ4v) is 7.00. The lowest BCUT2D eigenvalue weighted by molar-refractivity contribution is 0.829. The van der Waals surface area contributed by atoms with Gasteiger partial charge in [-0.15, -0.1) is 0 Å². The van der Waals surface area contributed by atoms with Crippen molar-refractivity contribution < 1.29 is 0 Å². The van der Waals surface area contributed by atoms with Crippen molar-refractivity contribution in [2.75, 3.05) is 12.3 Å². The molecule has 43 heavy (non-hydrogen) atoms. The van der Waals surface area contributed by atoms with Crippen LogP contribution in [0, 0.1) is 0 Å². The maximum Gasteiger partial charge on any atom is 0.0839 e. The number of fused-ring (bicyclic) bond motifs is 6. The largest absolute Gasteiger partial charge is 0.398 e. The van der Waals surface area contributed by atoms with Gasteiger partial charge in [-0.3, -0.25) is 0 Å². The number of aromatic amines is 1. The number of nitrogens with one attached hydrogen (secondary N) is 2. The Morgan fingerprint density at radius 2 is 1.26 bits per heavy atom. The van der Waals surface area contributed by atoms with Gasteiger partial charge in [0.05, 0.1) is 11.1 Å². The average Bonchev–Trinajstić information content (AvgIpc) is 3.78. The molecule has 0 unspecified atom stereocenters. The highest BCUT2D eigenvalue weighted by Crippen LogP contribution is 2.46. The summed E-state index contributed by atoms with van der Waals surface area (Å²) in [5.41, 5.74) is 16.7.